The highest BCUT2D eigenvalue weighted by Crippen LogP contribution is 2.26. The molecule has 0 saturated carbocycles. The van der Waals surface area contributed by atoms with Crippen LogP contribution in [-0.4, -0.2) is 42.6 Å². The molecule has 1 saturated heterocycles. The van der Waals surface area contributed by atoms with Crippen LogP contribution in [0.5, 0.6) is 0 Å². The van der Waals surface area contributed by atoms with E-state index in [0.29, 0.717) is 42.6 Å². The average Bonchev–Trinajstić information content (AvgIpc) is 2.56. The van der Waals surface area contributed by atoms with Crippen molar-refractivity contribution in [1.82, 2.24) is 10.2 Å². The molecule has 132 valence electrons. The number of hydrogen-bond donors (Lipinski definition) is 1. The molecule has 0 spiro atoms. The van der Waals surface area contributed by atoms with E-state index in [9.17, 15) is 9.59 Å². The maximum atomic E-state index is 12.4. The SMILES string of the molecule is CCOC(=O)N[C@@H]1CCCN(C(=O)CCc2cccc(Cl)c2Cl)C1. The van der Waals surface area contributed by atoms with Crippen molar-refractivity contribution in [2.45, 2.75) is 38.6 Å². The monoisotopic (exact) mass is 372 g/mol. The van der Waals surface area contributed by atoms with Crippen LogP contribution < -0.4 is 5.32 Å². The Morgan fingerprint density at radius 1 is 1.38 bits per heavy atom. The first-order valence-corrected chi connectivity index (χ1v) is 8.90. The summed E-state index contributed by atoms with van der Waals surface area (Å²) in [6, 6.07) is 5.37. The van der Waals surface area contributed by atoms with Crippen molar-refractivity contribution in [2.75, 3.05) is 19.7 Å². The van der Waals surface area contributed by atoms with Crippen LogP contribution in [0, 0.1) is 0 Å². The first-order chi connectivity index (χ1) is 11.5. The van der Waals surface area contributed by atoms with Gasteiger partial charge in [0.2, 0.25) is 5.91 Å². The fourth-order valence-electron chi connectivity index (χ4n) is 2.80. The molecule has 1 aromatic rings. The number of carbonyl (C=O) groups is 2. The predicted molar refractivity (Wildman–Crippen MR) is 94.5 cm³/mol. The summed E-state index contributed by atoms with van der Waals surface area (Å²) in [7, 11) is 0. The second-order valence-corrected chi connectivity index (χ2v) is 6.54. The fraction of sp³-hybridized carbons (Fsp3) is 0.529. The Morgan fingerprint density at radius 3 is 2.92 bits per heavy atom. The number of aryl methyl sites for hydroxylation is 1. The molecule has 2 rings (SSSR count). The predicted octanol–water partition coefficient (Wildman–Crippen LogP) is 3.66. The Labute approximate surface area is 152 Å². The summed E-state index contributed by atoms with van der Waals surface area (Å²) in [5, 5.41) is 3.81. The van der Waals surface area contributed by atoms with Crippen molar-refractivity contribution in [1.29, 1.82) is 0 Å². The first kappa shape index (κ1) is 18.9. The average molecular weight is 373 g/mol. The van der Waals surface area contributed by atoms with Crippen LogP contribution in [0.1, 0.15) is 31.7 Å². The number of carbonyl (C=O) groups excluding carboxylic acids is 2. The summed E-state index contributed by atoms with van der Waals surface area (Å²) in [6.45, 7) is 3.32. The third-order valence-corrected chi connectivity index (χ3v) is 4.87. The molecule has 1 atom stereocenters. The van der Waals surface area contributed by atoms with Crippen LogP contribution >= 0.6 is 23.2 Å². The van der Waals surface area contributed by atoms with Gasteiger partial charge in [-0.05, 0) is 37.8 Å². The van der Waals surface area contributed by atoms with Gasteiger partial charge in [0.05, 0.1) is 16.7 Å². The molecule has 1 aliphatic rings. The smallest absolute Gasteiger partial charge is 0.407 e. The summed E-state index contributed by atoms with van der Waals surface area (Å²) in [4.78, 5) is 25.7. The first-order valence-electron chi connectivity index (χ1n) is 8.15. The maximum absolute atomic E-state index is 12.4. The van der Waals surface area contributed by atoms with Crippen LogP contribution in [0.2, 0.25) is 10.0 Å². The largest absolute Gasteiger partial charge is 0.450 e. The molecule has 0 radical (unpaired) electrons. The summed E-state index contributed by atoms with van der Waals surface area (Å²) in [6.07, 6.45) is 2.20. The number of rotatable bonds is 5. The van der Waals surface area contributed by atoms with E-state index in [2.05, 4.69) is 5.32 Å². The minimum absolute atomic E-state index is 0.0569. The minimum atomic E-state index is -0.428. The number of piperidine rings is 1. The number of halogens is 2. The van der Waals surface area contributed by atoms with E-state index in [1.807, 2.05) is 12.1 Å². The summed E-state index contributed by atoms with van der Waals surface area (Å²) in [5.74, 6) is 0.0569. The van der Waals surface area contributed by atoms with E-state index in [1.54, 1.807) is 17.9 Å². The zero-order valence-corrected chi connectivity index (χ0v) is 15.2. The Balaban J connectivity index is 1.85. The van der Waals surface area contributed by atoms with Crippen molar-refractivity contribution in [3.63, 3.8) is 0 Å². The molecule has 1 aromatic carbocycles. The van der Waals surface area contributed by atoms with E-state index < -0.39 is 6.09 Å². The fourth-order valence-corrected chi connectivity index (χ4v) is 3.22. The molecule has 0 bridgehead atoms. The Kier molecular flexibility index (Phi) is 7.18. The second-order valence-electron chi connectivity index (χ2n) is 5.76. The van der Waals surface area contributed by atoms with E-state index in [1.165, 1.54) is 0 Å². The molecule has 24 heavy (non-hydrogen) atoms. The molecule has 1 heterocycles. The van der Waals surface area contributed by atoms with E-state index in [-0.39, 0.29) is 11.9 Å². The van der Waals surface area contributed by atoms with Crippen LogP contribution in [0.15, 0.2) is 18.2 Å². The van der Waals surface area contributed by atoms with Gasteiger partial charge in [-0.15, -0.1) is 0 Å². The van der Waals surface area contributed by atoms with Gasteiger partial charge < -0.3 is 15.0 Å². The molecule has 1 fully saturated rings. The van der Waals surface area contributed by atoms with Crippen molar-refractivity contribution in [3.8, 4) is 0 Å². The van der Waals surface area contributed by atoms with Gasteiger partial charge in [-0.25, -0.2) is 4.79 Å². The number of nitrogens with one attached hydrogen (secondary N) is 1. The minimum Gasteiger partial charge on any atom is -0.450 e. The molecule has 0 aliphatic carbocycles. The molecular weight excluding hydrogens is 351 g/mol. The zero-order chi connectivity index (χ0) is 17.5. The van der Waals surface area contributed by atoms with Crippen molar-refractivity contribution < 1.29 is 14.3 Å². The van der Waals surface area contributed by atoms with Gasteiger partial charge in [-0.1, -0.05) is 35.3 Å². The molecule has 1 aliphatic heterocycles. The number of likely N-dealkylation sites (tertiary alicyclic amines) is 1. The van der Waals surface area contributed by atoms with E-state index in [4.69, 9.17) is 27.9 Å². The van der Waals surface area contributed by atoms with Crippen LogP contribution in [0.4, 0.5) is 4.79 Å². The van der Waals surface area contributed by atoms with Gasteiger partial charge in [-0.2, -0.15) is 0 Å². The number of ether oxygens (including phenoxy) is 1. The topological polar surface area (TPSA) is 58.6 Å². The van der Waals surface area contributed by atoms with E-state index >= 15 is 0 Å². The highest BCUT2D eigenvalue weighted by atomic mass is 35.5. The van der Waals surface area contributed by atoms with Crippen molar-refractivity contribution in [2.24, 2.45) is 0 Å². The lowest BCUT2D eigenvalue weighted by atomic mass is 10.0. The Bertz CT molecular complexity index is 595. The summed E-state index contributed by atoms with van der Waals surface area (Å²) < 4.78 is 4.89. The molecular formula is C17H22Cl2N2O3. The van der Waals surface area contributed by atoms with Crippen LogP contribution in [0.25, 0.3) is 0 Å². The lowest BCUT2D eigenvalue weighted by Crippen LogP contribution is -2.49. The van der Waals surface area contributed by atoms with Gasteiger partial charge >= 0.3 is 6.09 Å². The maximum Gasteiger partial charge on any atom is 0.407 e. The quantitative estimate of drug-likeness (QED) is 0.857. The van der Waals surface area contributed by atoms with Crippen LogP contribution in [0.3, 0.4) is 0 Å². The molecule has 7 heteroatoms. The summed E-state index contributed by atoms with van der Waals surface area (Å²) >= 11 is 12.1. The molecule has 0 aromatic heterocycles. The number of nitrogens with zero attached hydrogens (tertiary/aromatic N) is 1. The lowest BCUT2D eigenvalue weighted by Gasteiger charge is -2.33. The number of alkyl carbamates (subject to hydrolysis) is 1. The lowest BCUT2D eigenvalue weighted by molar-refractivity contribution is -0.132. The second kappa shape index (κ2) is 9.14. The Hall–Kier alpha value is -1.46. The highest BCUT2D eigenvalue weighted by molar-refractivity contribution is 6.42. The number of amides is 2. The standard InChI is InChI=1S/C17H22Cl2N2O3/c1-2-24-17(23)20-13-6-4-10-21(11-13)15(22)9-8-12-5-3-7-14(18)16(12)19/h3,5,7,13H,2,4,6,8-11H2,1H3,(H,20,23)/t13-/m1/s1. The summed E-state index contributed by atoms with van der Waals surface area (Å²) in [5.41, 5.74) is 0.871. The highest BCUT2D eigenvalue weighted by Gasteiger charge is 2.25. The van der Waals surface area contributed by atoms with Gasteiger partial charge in [0.1, 0.15) is 0 Å². The van der Waals surface area contributed by atoms with Gasteiger partial charge in [0.15, 0.2) is 0 Å². The third-order valence-electron chi connectivity index (χ3n) is 4.01. The normalized spacial score (nSPS) is 17.5. The molecule has 1 N–H and O–H groups in total. The van der Waals surface area contributed by atoms with Crippen LogP contribution in [-0.2, 0) is 16.0 Å². The molecule has 5 nitrogen and oxygen atoms in total. The third kappa shape index (κ3) is 5.28. The van der Waals surface area contributed by atoms with Crippen molar-refractivity contribution >= 4 is 35.2 Å². The zero-order valence-electron chi connectivity index (χ0n) is 13.7. The van der Waals surface area contributed by atoms with Crippen molar-refractivity contribution in [3.05, 3.63) is 33.8 Å². The number of benzene rings is 1. The van der Waals surface area contributed by atoms with Gasteiger partial charge in [0, 0.05) is 25.6 Å². The molecule has 0 unspecified atom stereocenters. The number of hydrogen-bond acceptors (Lipinski definition) is 3. The van der Waals surface area contributed by atoms with E-state index in [0.717, 1.165) is 18.4 Å². The van der Waals surface area contributed by atoms with Gasteiger partial charge in [0.25, 0.3) is 0 Å². The Morgan fingerprint density at radius 2 is 2.17 bits per heavy atom. The van der Waals surface area contributed by atoms with Gasteiger partial charge in [-0.3, -0.25) is 4.79 Å². The molecule has 2 amide bonds.